The van der Waals surface area contributed by atoms with Crippen molar-refractivity contribution in [3.63, 3.8) is 0 Å². The lowest BCUT2D eigenvalue weighted by Crippen LogP contribution is -2.20. The van der Waals surface area contributed by atoms with Crippen molar-refractivity contribution in [1.29, 1.82) is 0 Å². The van der Waals surface area contributed by atoms with Crippen LogP contribution in [0, 0.1) is 18.8 Å². The van der Waals surface area contributed by atoms with Crippen LogP contribution in [0.5, 0.6) is 0 Å². The third-order valence-electron chi connectivity index (χ3n) is 2.70. The summed E-state index contributed by atoms with van der Waals surface area (Å²) in [5.41, 5.74) is 6.60. The second kappa shape index (κ2) is 6.87. The van der Waals surface area contributed by atoms with E-state index in [0.29, 0.717) is 31.2 Å². The lowest BCUT2D eigenvalue weighted by molar-refractivity contribution is -0.119. The summed E-state index contributed by atoms with van der Waals surface area (Å²) in [6, 6.07) is 0. The molecule has 0 aliphatic rings. The van der Waals surface area contributed by atoms with Crippen LogP contribution < -0.4 is 5.73 Å². The van der Waals surface area contributed by atoms with Gasteiger partial charge in [-0.15, -0.1) is 11.3 Å². The second-order valence-corrected chi connectivity index (χ2v) is 6.07. The highest BCUT2D eigenvalue weighted by molar-refractivity contribution is 7.09. The molecule has 0 saturated heterocycles. The maximum Gasteiger partial charge on any atom is 0.139 e. The Morgan fingerprint density at radius 1 is 1.53 bits per heavy atom. The van der Waals surface area contributed by atoms with Crippen molar-refractivity contribution in [3.05, 3.63) is 16.1 Å². The van der Waals surface area contributed by atoms with Crippen molar-refractivity contribution in [2.24, 2.45) is 17.6 Å². The zero-order valence-electron chi connectivity index (χ0n) is 10.9. The lowest BCUT2D eigenvalue weighted by Gasteiger charge is -2.15. The Hall–Kier alpha value is -0.740. The van der Waals surface area contributed by atoms with Crippen molar-refractivity contribution in [2.45, 2.75) is 40.0 Å². The molecule has 0 fully saturated rings. The largest absolute Gasteiger partial charge is 0.330 e. The van der Waals surface area contributed by atoms with Crippen LogP contribution in [0.25, 0.3) is 0 Å². The molecule has 0 aliphatic heterocycles. The molecule has 0 aromatic carbocycles. The van der Waals surface area contributed by atoms with E-state index in [9.17, 15) is 4.79 Å². The number of Topliss-reactive ketones (excluding diaryl/α,β-unsaturated/α-hetero) is 1. The molecule has 0 aliphatic carbocycles. The molecule has 4 heteroatoms. The van der Waals surface area contributed by atoms with Gasteiger partial charge in [-0.3, -0.25) is 4.79 Å². The topological polar surface area (TPSA) is 56.0 Å². The molecular formula is C13H22N2OS. The van der Waals surface area contributed by atoms with E-state index in [1.54, 1.807) is 11.3 Å². The van der Waals surface area contributed by atoms with Crippen LogP contribution in [0.4, 0.5) is 0 Å². The van der Waals surface area contributed by atoms with Crippen LogP contribution in [0.2, 0.25) is 0 Å². The molecule has 2 N–H and O–H groups in total. The number of hydrogen-bond donors (Lipinski definition) is 1. The first-order chi connectivity index (χ1) is 8.01. The molecule has 1 rings (SSSR count). The Labute approximate surface area is 107 Å². The van der Waals surface area contributed by atoms with E-state index in [1.807, 2.05) is 12.3 Å². The van der Waals surface area contributed by atoms with Gasteiger partial charge in [0.2, 0.25) is 0 Å². The molecule has 17 heavy (non-hydrogen) atoms. The van der Waals surface area contributed by atoms with Gasteiger partial charge in [-0.2, -0.15) is 0 Å². The molecule has 1 unspecified atom stereocenters. The van der Waals surface area contributed by atoms with Gasteiger partial charge in [0.1, 0.15) is 5.78 Å². The molecule has 0 radical (unpaired) electrons. The average Bonchev–Trinajstić information content (AvgIpc) is 2.62. The van der Waals surface area contributed by atoms with Crippen molar-refractivity contribution >= 4 is 17.1 Å². The number of hydrogen-bond acceptors (Lipinski definition) is 4. The quantitative estimate of drug-likeness (QED) is 0.813. The molecule has 1 heterocycles. The molecular weight excluding hydrogens is 232 g/mol. The lowest BCUT2D eigenvalue weighted by atomic mass is 9.91. The standard InChI is InChI=1S/C13H22N2OS/c1-9(2)4-11(7-14)5-13(16)6-12-8-17-10(3)15-12/h8-9,11H,4-7,14H2,1-3H3. The van der Waals surface area contributed by atoms with Gasteiger partial charge in [-0.1, -0.05) is 13.8 Å². The number of rotatable bonds is 7. The number of aryl methyl sites for hydroxylation is 1. The van der Waals surface area contributed by atoms with Crippen LogP contribution in [0.3, 0.4) is 0 Å². The minimum atomic E-state index is 0.256. The normalized spacial score (nSPS) is 13.0. The van der Waals surface area contributed by atoms with E-state index in [-0.39, 0.29) is 5.78 Å². The molecule has 1 atom stereocenters. The van der Waals surface area contributed by atoms with Crippen LogP contribution in [0.1, 0.15) is 37.4 Å². The first-order valence-corrected chi connectivity index (χ1v) is 7.02. The van der Waals surface area contributed by atoms with Gasteiger partial charge in [0.05, 0.1) is 10.7 Å². The predicted molar refractivity (Wildman–Crippen MR) is 72.2 cm³/mol. The number of aromatic nitrogens is 1. The van der Waals surface area contributed by atoms with Gasteiger partial charge in [-0.05, 0) is 31.7 Å². The summed E-state index contributed by atoms with van der Waals surface area (Å²) in [5.74, 6) is 1.17. The molecule has 0 spiro atoms. The SMILES string of the molecule is Cc1nc(CC(=O)CC(CN)CC(C)C)cs1. The third-order valence-corrected chi connectivity index (χ3v) is 3.52. The Morgan fingerprint density at radius 2 is 2.24 bits per heavy atom. The summed E-state index contributed by atoms with van der Waals surface area (Å²) in [5, 5.41) is 2.98. The Bertz CT molecular complexity index is 360. The highest BCUT2D eigenvalue weighted by Crippen LogP contribution is 2.16. The number of thiazole rings is 1. The maximum absolute atomic E-state index is 11.9. The van der Waals surface area contributed by atoms with E-state index in [4.69, 9.17) is 5.73 Å². The van der Waals surface area contributed by atoms with Gasteiger partial charge in [0.15, 0.2) is 0 Å². The van der Waals surface area contributed by atoms with E-state index in [2.05, 4.69) is 18.8 Å². The van der Waals surface area contributed by atoms with Crippen LogP contribution >= 0.6 is 11.3 Å². The van der Waals surface area contributed by atoms with Gasteiger partial charge >= 0.3 is 0 Å². The zero-order valence-corrected chi connectivity index (χ0v) is 11.7. The number of carbonyl (C=O) groups is 1. The molecule has 1 aromatic heterocycles. The van der Waals surface area contributed by atoms with E-state index in [0.717, 1.165) is 17.1 Å². The van der Waals surface area contributed by atoms with E-state index in [1.165, 1.54) is 0 Å². The molecule has 1 aromatic rings. The maximum atomic E-state index is 11.9. The number of nitrogens with zero attached hydrogens (tertiary/aromatic N) is 1. The van der Waals surface area contributed by atoms with Crippen molar-refractivity contribution < 1.29 is 4.79 Å². The Balaban J connectivity index is 2.42. The molecule has 96 valence electrons. The van der Waals surface area contributed by atoms with Gasteiger partial charge in [0, 0.05) is 18.2 Å². The van der Waals surface area contributed by atoms with E-state index >= 15 is 0 Å². The van der Waals surface area contributed by atoms with Crippen LogP contribution in [0.15, 0.2) is 5.38 Å². The summed E-state index contributed by atoms with van der Waals surface area (Å²) in [6.45, 7) is 6.88. The van der Waals surface area contributed by atoms with Crippen molar-refractivity contribution in [2.75, 3.05) is 6.54 Å². The summed E-state index contributed by atoms with van der Waals surface area (Å²) < 4.78 is 0. The summed E-state index contributed by atoms with van der Waals surface area (Å²) in [4.78, 5) is 16.2. The van der Waals surface area contributed by atoms with Crippen LogP contribution in [-0.4, -0.2) is 17.3 Å². The van der Waals surface area contributed by atoms with Crippen LogP contribution in [-0.2, 0) is 11.2 Å². The molecule has 0 bridgehead atoms. The fourth-order valence-electron chi connectivity index (χ4n) is 2.02. The predicted octanol–water partition coefficient (Wildman–Crippen LogP) is 2.57. The summed E-state index contributed by atoms with van der Waals surface area (Å²) in [6.07, 6.45) is 2.07. The number of nitrogens with two attached hydrogens (primary N) is 1. The molecule has 0 amide bonds. The fourth-order valence-corrected chi connectivity index (χ4v) is 2.63. The van der Waals surface area contributed by atoms with E-state index < -0.39 is 0 Å². The molecule has 3 nitrogen and oxygen atoms in total. The van der Waals surface area contributed by atoms with Gasteiger partial charge in [-0.25, -0.2) is 4.98 Å². The highest BCUT2D eigenvalue weighted by atomic mass is 32.1. The number of carbonyl (C=O) groups excluding carboxylic acids is 1. The zero-order chi connectivity index (χ0) is 12.8. The van der Waals surface area contributed by atoms with Crippen molar-refractivity contribution in [3.8, 4) is 0 Å². The fraction of sp³-hybridized carbons (Fsp3) is 0.692. The summed E-state index contributed by atoms with van der Waals surface area (Å²) in [7, 11) is 0. The minimum Gasteiger partial charge on any atom is -0.330 e. The minimum absolute atomic E-state index is 0.256. The highest BCUT2D eigenvalue weighted by Gasteiger charge is 2.15. The Kier molecular flexibility index (Phi) is 5.78. The average molecular weight is 254 g/mol. The first-order valence-electron chi connectivity index (χ1n) is 6.14. The Morgan fingerprint density at radius 3 is 2.71 bits per heavy atom. The monoisotopic (exact) mass is 254 g/mol. The number of ketones is 1. The summed E-state index contributed by atoms with van der Waals surface area (Å²) >= 11 is 1.59. The molecule has 0 saturated carbocycles. The smallest absolute Gasteiger partial charge is 0.139 e. The second-order valence-electron chi connectivity index (χ2n) is 5.01. The van der Waals surface area contributed by atoms with Gasteiger partial charge < -0.3 is 5.73 Å². The van der Waals surface area contributed by atoms with Crippen molar-refractivity contribution in [1.82, 2.24) is 4.98 Å². The first kappa shape index (κ1) is 14.3. The third kappa shape index (κ3) is 5.41. The van der Waals surface area contributed by atoms with Gasteiger partial charge in [0.25, 0.3) is 0 Å².